The second kappa shape index (κ2) is 9.04. The van der Waals surface area contributed by atoms with Crippen LogP contribution in [-0.4, -0.2) is 37.4 Å². The Morgan fingerprint density at radius 3 is 2.46 bits per heavy atom. The average Bonchev–Trinajstić information content (AvgIpc) is 3.25. The first-order valence-corrected chi connectivity index (χ1v) is 11.4. The number of H-pyrrole nitrogens is 1. The second-order valence-corrected chi connectivity index (χ2v) is 9.10. The van der Waals surface area contributed by atoms with E-state index in [1.54, 1.807) is 36.8 Å². The quantitative estimate of drug-likeness (QED) is 0.210. The van der Waals surface area contributed by atoms with Gasteiger partial charge in [0.2, 0.25) is 0 Å². The summed E-state index contributed by atoms with van der Waals surface area (Å²) in [6.45, 7) is 0.858. The van der Waals surface area contributed by atoms with Crippen LogP contribution < -0.4 is 5.73 Å². The molecule has 5 aromatic rings. The fourth-order valence-corrected chi connectivity index (χ4v) is 4.17. The highest BCUT2D eigenvalue weighted by atomic mass is 19.4. The third-order valence-electron chi connectivity index (χ3n) is 6.43. The van der Waals surface area contributed by atoms with E-state index in [4.69, 9.17) is 5.73 Å². The number of hydrogen-bond donors (Lipinski definition) is 2. The molecule has 5 rings (SSSR count). The van der Waals surface area contributed by atoms with E-state index in [0.717, 1.165) is 18.7 Å². The van der Waals surface area contributed by atoms with E-state index in [0.29, 0.717) is 33.2 Å². The van der Waals surface area contributed by atoms with Crippen molar-refractivity contribution in [2.75, 3.05) is 0 Å². The fourth-order valence-electron chi connectivity index (χ4n) is 4.17. The van der Waals surface area contributed by atoms with E-state index in [-0.39, 0.29) is 17.5 Å². The van der Waals surface area contributed by atoms with Gasteiger partial charge in [-0.2, -0.15) is 13.2 Å². The van der Waals surface area contributed by atoms with E-state index in [9.17, 15) is 18.0 Å². The predicted molar refractivity (Wildman–Crippen MR) is 132 cm³/mol. The van der Waals surface area contributed by atoms with Crippen molar-refractivity contribution in [3.8, 4) is 22.4 Å². The predicted octanol–water partition coefficient (Wildman–Crippen LogP) is 6.22. The number of rotatable bonds is 6. The first kappa shape index (κ1) is 24.5. The first-order chi connectivity index (χ1) is 17.5. The monoisotopic (exact) mass is 507 g/mol. The van der Waals surface area contributed by atoms with Gasteiger partial charge in [0.15, 0.2) is 5.78 Å². The summed E-state index contributed by atoms with van der Waals surface area (Å²) in [5, 5.41) is 1.26. The van der Waals surface area contributed by atoms with Gasteiger partial charge in [-0.15, -0.1) is 0 Å². The maximum Gasteiger partial charge on any atom is 0.406 e. The largest absolute Gasteiger partial charge is 0.406 e. The normalized spacial score (nSPS) is 13.7. The van der Waals surface area contributed by atoms with E-state index in [1.807, 2.05) is 12.1 Å². The number of aromatic nitrogens is 4. The van der Waals surface area contributed by atoms with Crippen molar-refractivity contribution in [3.05, 3.63) is 78.6 Å². The molecule has 0 saturated heterocycles. The number of benzene rings is 1. The Morgan fingerprint density at radius 1 is 1.03 bits per heavy atom. The van der Waals surface area contributed by atoms with Gasteiger partial charge in [-0.05, 0) is 37.1 Å². The van der Waals surface area contributed by atoms with Crippen molar-refractivity contribution >= 4 is 27.7 Å². The molecule has 0 aliphatic rings. The molecule has 37 heavy (non-hydrogen) atoms. The van der Waals surface area contributed by atoms with E-state index >= 15 is 4.39 Å². The zero-order chi connectivity index (χ0) is 26.4. The lowest BCUT2D eigenvalue weighted by molar-refractivity contribution is -0.182. The Morgan fingerprint density at radius 2 is 1.78 bits per heavy atom. The van der Waals surface area contributed by atoms with Crippen molar-refractivity contribution in [1.29, 1.82) is 0 Å². The van der Waals surface area contributed by atoms with Gasteiger partial charge in [-0.1, -0.05) is 24.3 Å². The minimum Gasteiger partial charge on any atom is -0.338 e. The summed E-state index contributed by atoms with van der Waals surface area (Å²) in [5.74, 6) is -1.04. The number of fused-ring (bicyclic) bond motifs is 3. The zero-order valence-corrected chi connectivity index (χ0v) is 19.6. The van der Waals surface area contributed by atoms with Crippen LogP contribution in [0.4, 0.5) is 17.6 Å². The van der Waals surface area contributed by atoms with Crippen LogP contribution in [0.1, 0.15) is 30.1 Å². The molecule has 0 bridgehead atoms. The molecule has 0 fully saturated rings. The van der Waals surface area contributed by atoms with Gasteiger partial charge in [0, 0.05) is 46.3 Å². The number of Topliss-reactive ketones (excluding diaryl/α,β-unsaturated/α-hetero) is 1. The van der Waals surface area contributed by atoms with Crippen molar-refractivity contribution in [2.45, 2.75) is 31.5 Å². The lowest BCUT2D eigenvalue weighted by Crippen LogP contribution is -2.50. The smallest absolute Gasteiger partial charge is 0.338 e. The molecule has 0 radical (unpaired) electrons. The molecule has 0 aliphatic heterocycles. The highest BCUT2D eigenvalue weighted by Crippen LogP contribution is 2.37. The fraction of sp³-hybridized carbons (Fsp3) is 0.185. The molecular weight excluding hydrogens is 486 g/mol. The van der Waals surface area contributed by atoms with Crippen LogP contribution in [-0.2, 0) is 0 Å². The lowest BCUT2D eigenvalue weighted by Gasteiger charge is -2.27. The van der Waals surface area contributed by atoms with Gasteiger partial charge in [0.25, 0.3) is 0 Å². The zero-order valence-electron chi connectivity index (χ0n) is 19.6. The Kier molecular flexibility index (Phi) is 5.99. The van der Waals surface area contributed by atoms with Gasteiger partial charge < -0.3 is 10.7 Å². The Labute approximate surface area is 208 Å². The van der Waals surface area contributed by atoms with E-state index in [1.165, 1.54) is 12.1 Å². The molecule has 4 aromatic heterocycles. The van der Waals surface area contributed by atoms with E-state index < -0.39 is 29.7 Å². The molecule has 188 valence electrons. The van der Waals surface area contributed by atoms with Crippen LogP contribution in [0, 0.1) is 5.82 Å². The Bertz CT molecular complexity index is 1610. The molecule has 1 unspecified atom stereocenters. The molecule has 1 atom stereocenters. The average molecular weight is 507 g/mol. The van der Waals surface area contributed by atoms with Gasteiger partial charge in [0.05, 0.1) is 23.6 Å². The minimum absolute atomic E-state index is 0.217. The number of nitrogens with two attached hydrogens (primary N) is 1. The molecule has 0 saturated carbocycles. The highest BCUT2D eigenvalue weighted by Gasteiger charge is 2.47. The molecule has 3 N–H and O–H groups in total. The number of carbonyl (C=O) groups is 1. The first-order valence-electron chi connectivity index (χ1n) is 11.4. The van der Waals surface area contributed by atoms with Crippen molar-refractivity contribution in [3.63, 3.8) is 0 Å². The Balaban J connectivity index is 1.52. The maximum absolute atomic E-state index is 15.2. The molecule has 0 amide bonds. The summed E-state index contributed by atoms with van der Waals surface area (Å²) >= 11 is 0. The second-order valence-electron chi connectivity index (χ2n) is 9.10. The van der Waals surface area contributed by atoms with Gasteiger partial charge >= 0.3 is 6.18 Å². The molecular formula is C27H21F4N5O. The number of halogens is 4. The number of hydrogen-bond acceptors (Lipinski definition) is 5. The van der Waals surface area contributed by atoms with Crippen LogP contribution in [0.15, 0.2) is 67.3 Å². The van der Waals surface area contributed by atoms with Crippen LogP contribution in [0.2, 0.25) is 0 Å². The van der Waals surface area contributed by atoms with Crippen LogP contribution in [0.5, 0.6) is 0 Å². The summed E-state index contributed by atoms with van der Waals surface area (Å²) in [6, 6.07) is 11.6. The summed E-state index contributed by atoms with van der Waals surface area (Å²) in [7, 11) is 0. The third-order valence-corrected chi connectivity index (χ3v) is 6.43. The van der Waals surface area contributed by atoms with Crippen LogP contribution in [0.3, 0.4) is 0 Å². The molecule has 10 heteroatoms. The van der Waals surface area contributed by atoms with E-state index in [2.05, 4.69) is 19.9 Å². The highest BCUT2D eigenvalue weighted by molar-refractivity contribution is 6.13. The van der Waals surface area contributed by atoms with Gasteiger partial charge in [0.1, 0.15) is 17.0 Å². The van der Waals surface area contributed by atoms with Crippen molar-refractivity contribution < 1.29 is 22.4 Å². The van der Waals surface area contributed by atoms with Crippen molar-refractivity contribution in [2.24, 2.45) is 5.73 Å². The van der Waals surface area contributed by atoms with Crippen LogP contribution in [0.25, 0.3) is 44.3 Å². The molecule has 0 spiro atoms. The van der Waals surface area contributed by atoms with Crippen LogP contribution >= 0.6 is 0 Å². The summed E-state index contributed by atoms with van der Waals surface area (Å²) < 4.78 is 54.2. The Hall–Kier alpha value is -4.18. The number of nitrogens with zero attached hydrogens (tertiary/aromatic N) is 3. The number of aromatic amines is 1. The standard InChI is InChI=1S/C27H21F4N5O/c1-26(32,27(29,30)31)9-8-22(37)15-4-6-16(7-5-15)23-19(28)13-35-25-24(23)18-11-20(34-14-21(18)36-25)17-3-2-10-33-12-17/h2-7,10-14H,8-9,32H2,1H3,(H,35,36). The molecule has 0 aliphatic carbocycles. The number of pyridine rings is 3. The molecule has 1 aromatic carbocycles. The summed E-state index contributed by atoms with van der Waals surface area (Å²) in [4.78, 5) is 28.5. The molecule has 6 nitrogen and oxygen atoms in total. The SMILES string of the molecule is CC(N)(CCC(=O)c1ccc(-c2c(F)cnc3[nH]c4cnc(-c5cccnc5)cc4c23)cc1)C(F)(F)F. The lowest BCUT2D eigenvalue weighted by atomic mass is 9.92. The van der Waals surface area contributed by atoms with Gasteiger partial charge in [-0.25, -0.2) is 9.37 Å². The van der Waals surface area contributed by atoms with Crippen molar-refractivity contribution in [1.82, 2.24) is 19.9 Å². The number of nitrogens with one attached hydrogen (secondary N) is 1. The number of alkyl halides is 3. The minimum atomic E-state index is -4.62. The third kappa shape index (κ3) is 4.55. The molecule has 4 heterocycles. The number of ketones is 1. The topological polar surface area (TPSA) is 97.6 Å². The summed E-state index contributed by atoms with van der Waals surface area (Å²) in [6.07, 6.45) is 0.569. The summed E-state index contributed by atoms with van der Waals surface area (Å²) in [5.41, 5.74) is 6.45. The maximum atomic E-state index is 15.2. The number of carbonyl (C=O) groups excluding carboxylic acids is 1. The van der Waals surface area contributed by atoms with Gasteiger partial charge in [-0.3, -0.25) is 14.8 Å².